The van der Waals surface area contributed by atoms with E-state index in [1.165, 1.54) is 0 Å². The summed E-state index contributed by atoms with van der Waals surface area (Å²) >= 11 is 0. The summed E-state index contributed by atoms with van der Waals surface area (Å²) in [7, 11) is 0. The van der Waals surface area contributed by atoms with Crippen molar-refractivity contribution in [2.24, 2.45) is 11.3 Å². The van der Waals surface area contributed by atoms with Crippen LogP contribution in [0.15, 0.2) is 43.1 Å². The molecule has 2 aromatic heterocycles. The lowest BCUT2D eigenvalue weighted by Crippen LogP contribution is -2.50. The summed E-state index contributed by atoms with van der Waals surface area (Å²) in [6.45, 7) is 8.23. The van der Waals surface area contributed by atoms with Gasteiger partial charge in [0.05, 0.1) is 12.4 Å². The van der Waals surface area contributed by atoms with E-state index in [2.05, 4.69) is 36.1 Å². The molecule has 0 aliphatic carbocycles. The fourth-order valence-corrected chi connectivity index (χ4v) is 3.43. The number of rotatable bonds is 5. The van der Waals surface area contributed by atoms with Crippen LogP contribution >= 0.6 is 0 Å². The molecule has 0 saturated carbocycles. The van der Waals surface area contributed by atoms with Crippen molar-refractivity contribution in [3.63, 3.8) is 0 Å². The molecule has 1 N–H and O–H groups in total. The first kappa shape index (κ1) is 20.0. The fraction of sp³-hybridized carbons (Fsp3) is 0.524. The molecule has 7 heteroatoms. The maximum absolute atomic E-state index is 12.9. The Bertz CT molecular complexity index is 775. The minimum Gasteiger partial charge on any atom is -0.351 e. The summed E-state index contributed by atoms with van der Waals surface area (Å²) in [5, 5.41) is 3.24. The number of hydrogen-bond donors (Lipinski definition) is 1. The number of nitrogens with one attached hydrogen (secondary N) is 1. The topological polar surface area (TPSA) is 80.1 Å². The van der Waals surface area contributed by atoms with Crippen molar-refractivity contribution in [1.29, 1.82) is 0 Å². The Morgan fingerprint density at radius 1 is 1.21 bits per heavy atom. The Hall–Kier alpha value is -2.70. The van der Waals surface area contributed by atoms with Crippen molar-refractivity contribution in [2.45, 2.75) is 46.2 Å². The van der Waals surface area contributed by atoms with Gasteiger partial charge >= 0.3 is 0 Å². The highest BCUT2D eigenvalue weighted by molar-refractivity contribution is 5.92. The van der Waals surface area contributed by atoms with Crippen LogP contribution < -0.4 is 5.32 Å². The van der Waals surface area contributed by atoms with E-state index in [1.807, 2.05) is 16.8 Å². The first-order chi connectivity index (χ1) is 13.3. The molecule has 0 bridgehead atoms. The fourth-order valence-electron chi connectivity index (χ4n) is 3.43. The summed E-state index contributed by atoms with van der Waals surface area (Å²) in [6, 6.07) is 5.34. The monoisotopic (exact) mass is 383 g/mol. The highest BCUT2D eigenvalue weighted by atomic mass is 16.2. The molecule has 1 saturated heterocycles. The Morgan fingerprint density at radius 2 is 1.96 bits per heavy atom. The Balaban J connectivity index is 1.56. The second-order valence-electron chi connectivity index (χ2n) is 8.47. The normalized spacial score (nSPS) is 16.6. The second-order valence-corrected chi connectivity index (χ2v) is 8.47. The first-order valence-electron chi connectivity index (χ1n) is 9.81. The molecule has 1 aliphatic heterocycles. The van der Waals surface area contributed by atoms with Crippen molar-refractivity contribution < 1.29 is 9.59 Å². The van der Waals surface area contributed by atoms with E-state index >= 15 is 0 Å². The summed E-state index contributed by atoms with van der Waals surface area (Å²) in [6.07, 6.45) is 8.40. The van der Waals surface area contributed by atoms with Gasteiger partial charge in [0.2, 0.25) is 5.91 Å². The molecule has 3 heterocycles. The molecular formula is C21H29N5O2. The number of hydrogen-bond acceptors (Lipinski definition) is 4. The molecule has 1 fully saturated rings. The lowest BCUT2D eigenvalue weighted by atomic mass is 9.85. The Kier molecular flexibility index (Phi) is 6.11. The summed E-state index contributed by atoms with van der Waals surface area (Å²) in [4.78, 5) is 35.4. The van der Waals surface area contributed by atoms with Crippen LogP contribution in [0.1, 0.15) is 44.1 Å². The van der Waals surface area contributed by atoms with Crippen molar-refractivity contribution in [1.82, 2.24) is 24.8 Å². The van der Waals surface area contributed by atoms with Gasteiger partial charge in [0.1, 0.15) is 5.69 Å². The number of carbonyl (C=O) groups is 2. The molecule has 150 valence electrons. The van der Waals surface area contributed by atoms with E-state index in [4.69, 9.17) is 0 Å². The molecule has 0 spiro atoms. The number of nitrogens with zero attached hydrogens (tertiary/aromatic N) is 4. The number of likely N-dealkylation sites (tertiary alicyclic amines) is 1. The van der Waals surface area contributed by atoms with E-state index in [9.17, 15) is 9.59 Å². The number of imidazole rings is 1. The van der Waals surface area contributed by atoms with Gasteiger partial charge in [-0.1, -0.05) is 26.8 Å². The minimum atomic E-state index is -0.0738. The van der Waals surface area contributed by atoms with Crippen molar-refractivity contribution in [3.8, 4) is 0 Å². The van der Waals surface area contributed by atoms with Gasteiger partial charge in [-0.2, -0.15) is 0 Å². The van der Waals surface area contributed by atoms with Crippen LogP contribution in [0.5, 0.6) is 0 Å². The largest absolute Gasteiger partial charge is 0.351 e. The zero-order valence-electron chi connectivity index (χ0n) is 16.8. The smallest absolute Gasteiger partial charge is 0.272 e. The lowest BCUT2D eigenvalue weighted by molar-refractivity contribution is -0.128. The molecule has 1 aliphatic rings. The van der Waals surface area contributed by atoms with Gasteiger partial charge in [-0.15, -0.1) is 0 Å². The lowest BCUT2D eigenvalue weighted by Gasteiger charge is -2.35. The van der Waals surface area contributed by atoms with Crippen LogP contribution in [0.3, 0.4) is 0 Å². The number of piperidine rings is 1. The van der Waals surface area contributed by atoms with Gasteiger partial charge in [-0.05, 0) is 30.4 Å². The Labute approximate surface area is 166 Å². The van der Waals surface area contributed by atoms with Crippen LogP contribution in [0.25, 0.3) is 0 Å². The summed E-state index contributed by atoms with van der Waals surface area (Å²) in [5.74, 6) is -0.0578. The third-order valence-electron chi connectivity index (χ3n) is 5.35. The third-order valence-corrected chi connectivity index (χ3v) is 5.35. The average molecular weight is 383 g/mol. The molecule has 28 heavy (non-hydrogen) atoms. The van der Waals surface area contributed by atoms with Crippen LogP contribution in [0.4, 0.5) is 0 Å². The SMILES string of the molecule is CC(C)(C)[C@@H](Cn1ccnc1)NC(=O)C1CCN(C(=O)c2ccccn2)CC1. The zero-order valence-corrected chi connectivity index (χ0v) is 16.8. The van der Waals surface area contributed by atoms with E-state index in [0.29, 0.717) is 38.2 Å². The van der Waals surface area contributed by atoms with Crippen molar-refractivity contribution >= 4 is 11.8 Å². The van der Waals surface area contributed by atoms with Gasteiger partial charge in [0, 0.05) is 44.1 Å². The van der Waals surface area contributed by atoms with Crippen LogP contribution in [-0.2, 0) is 11.3 Å². The van der Waals surface area contributed by atoms with Crippen LogP contribution in [-0.4, -0.2) is 50.4 Å². The number of carbonyl (C=O) groups excluding carboxylic acids is 2. The van der Waals surface area contributed by atoms with E-state index < -0.39 is 0 Å². The van der Waals surface area contributed by atoms with Gasteiger partial charge in [0.15, 0.2) is 0 Å². The van der Waals surface area contributed by atoms with E-state index in [-0.39, 0.29) is 29.2 Å². The maximum Gasteiger partial charge on any atom is 0.272 e. The molecule has 3 rings (SSSR count). The number of pyridine rings is 1. The minimum absolute atomic E-state index is 0.00220. The first-order valence-corrected chi connectivity index (χ1v) is 9.81. The highest BCUT2D eigenvalue weighted by Crippen LogP contribution is 2.24. The standard InChI is InChI=1S/C21H29N5O2/c1-21(2,3)18(14-25-13-10-22-15-25)24-19(27)16-7-11-26(12-8-16)20(28)17-6-4-5-9-23-17/h4-6,9-10,13,15-16,18H,7-8,11-12,14H2,1-3H3,(H,24,27)/t18-/m1/s1. The van der Waals surface area contributed by atoms with Gasteiger partial charge in [-0.3, -0.25) is 14.6 Å². The van der Waals surface area contributed by atoms with Gasteiger partial charge in [0.25, 0.3) is 5.91 Å². The zero-order chi connectivity index (χ0) is 20.1. The molecule has 2 aromatic rings. The number of amides is 2. The van der Waals surface area contributed by atoms with Crippen LogP contribution in [0.2, 0.25) is 0 Å². The molecule has 2 amide bonds. The van der Waals surface area contributed by atoms with Crippen molar-refractivity contribution in [2.75, 3.05) is 13.1 Å². The van der Waals surface area contributed by atoms with Gasteiger partial charge < -0.3 is 14.8 Å². The quantitative estimate of drug-likeness (QED) is 0.860. The Morgan fingerprint density at radius 3 is 2.54 bits per heavy atom. The predicted octanol–water partition coefficient (Wildman–Crippen LogP) is 2.36. The average Bonchev–Trinajstić information content (AvgIpc) is 3.20. The van der Waals surface area contributed by atoms with Crippen molar-refractivity contribution in [3.05, 3.63) is 48.8 Å². The summed E-state index contributed by atoms with van der Waals surface area (Å²) in [5.41, 5.74) is 0.383. The van der Waals surface area contributed by atoms with E-state index in [0.717, 1.165) is 0 Å². The highest BCUT2D eigenvalue weighted by Gasteiger charge is 2.32. The summed E-state index contributed by atoms with van der Waals surface area (Å²) < 4.78 is 1.99. The number of aromatic nitrogens is 3. The van der Waals surface area contributed by atoms with Crippen LogP contribution in [0, 0.1) is 11.3 Å². The molecular weight excluding hydrogens is 354 g/mol. The van der Waals surface area contributed by atoms with E-state index in [1.54, 1.807) is 35.8 Å². The third kappa shape index (κ3) is 4.97. The molecule has 0 radical (unpaired) electrons. The molecule has 0 aromatic carbocycles. The predicted molar refractivity (Wildman–Crippen MR) is 106 cm³/mol. The molecule has 0 unspecified atom stereocenters. The molecule has 1 atom stereocenters. The second kappa shape index (κ2) is 8.54. The van der Waals surface area contributed by atoms with Gasteiger partial charge in [-0.25, -0.2) is 4.98 Å². The maximum atomic E-state index is 12.9. The molecule has 7 nitrogen and oxygen atoms in total.